The molecule has 0 aliphatic heterocycles. The zero-order valence-corrected chi connectivity index (χ0v) is 11.5. The number of nitrogens with two attached hydrogens (primary N) is 2. The van der Waals surface area contributed by atoms with E-state index in [4.69, 9.17) is 15.6 Å². The van der Waals surface area contributed by atoms with Gasteiger partial charge >= 0.3 is 21.1 Å². The molecule has 0 saturated heterocycles. The van der Waals surface area contributed by atoms with Crippen LogP contribution in [0.2, 0.25) is 0 Å². The smallest absolute Gasteiger partial charge is 0.693 e. The molecule has 0 saturated carbocycles. The normalized spacial score (nSPS) is 9.47. The fraction of sp³-hybridized carbons (Fsp3) is 0.300. The average Bonchev–Trinajstić information content (AvgIpc) is 2.06. The van der Waals surface area contributed by atoms with Crippen LogP contribution in [0, 0.1) is 6.07 Å². The first-order valence-electron chi connectivity index (χ1n) is 3.99. The van der Waals surface area contributed by atoms with Gasteiger partial charge in [-0.1, -0.05) is 0 Å². The Bertz CT molecular complexity index is 230. The van der Waals surface area contributed by atoms with Gasteiger partial charge in [0.2, 0.25) is 0 Å². The van der Waals surface area contributed by atoms with E-state index in [-0.39, 0.29) is 39.7 Å². The summed E-state index contributed by atoms with van der Waals surface area (Å²) in [5.74, 6) is 0. The predicted octanol–water partition coefficient (Wildman–Crippen LogP) is 1.79. The molecule has 1 aromatic rings. The topological polar surface area (TPSA) is 96.8 Å². The number of rotatable bonds is 2. The molecular weight excluding hydrogens is 364 g/mol. The molecule has 1 aromatic carbocycles. The van der Waals surface area contributed by atoms with Crippen molar-refractivity contribution in [1.82, 2.24) is 0 Å². The molecule has 0 fully saturated rings. The first-order valence-corrected chi connectivity index (χ1v) is 3.99. The zero-order valence-electron chi connectivity index (χ0n) is 8.59. The molecular formula is C10H16N2O2W. The molecule has 84 valence electrons. The molecule has 0 radical (unpaired) electrons. The number of carboxylic acid groups (broad SMARTS) is 1. The summed E-state index contributed by atoms with van der Waals surface area (Å²) in [5, 5.41) is 6.89. The van der Waals surface area contributed by atoms with Crippen LogP contribution in [0.15, 0.2) is 24.3 Å². The maximum absolute atomic E-state index is 8.36. The van der Waals surface area contributed by atoms with Gasteiger partial charge in [0.05, 0.1) is 0 Å². The van der Waals surface area contributed by atoms with E-state index < -0.39 is 0 Å². The minimum atomic E-state index is -0.250. The summed E-state index contributed by atoms with van der Waals surface area (Å²) in [4.78, 5) is 8.36. The summed E-state index contributed by atoms with van der Waals surface area (Å²) in [6.45, 7) is 1.76. The van der Waals surface area contributed by atoms with E-state index in [0.717, 1.165) is 6.42 Å². The van der Waals surface area contributed by atoms with Gasteiger partial charge in [-0.05, 0) is 13.3 Å². The second kappa shape index (κ2) is 13.3. The van der Waals surface area contributed by atoms with E-state index in [1.807, 2.05) is 31.2 Å². The summed E-state index contributed by atoms with van der Waals surface area (Å²) in [5.41, 5.74) is 6.90. The van der Waals surface area contributed by atoms with E-state index in [1.54, 1.807) is 0 Å². The largest absolute Gasteiger partial charge is 2.00 e. The Morgan fingerprint density at radius 2 is 1.93 bits per heavy atom. The zero-order chi connectivity index (χ0) is 10.1. The maximum Gasteiger partial charge on any atom is 2.00 e. The van der Waals surface area contributed by atoms with Crippen molar-refractivity contribution in [3.05, 3.63) is 42.0 Å². The van der Waals surface area contributed by atoms with Crippen molar-refractivity contribution in [2.45, 2.75) is 19.4 Å². The molecule has 0 bridgehead atoms. The van der Waals surface area contributed by atoms with Gasteiger partial charge in [0.1, 0.15) is 0 Å². The van der Waals surface area contributed by atoms with Crippen molar-refractivity contribution in [2.24, 2.45) is 5.73 Å². The van der Waals surface area contributed by atoms with Crippen LogP contribution in [-0.4, -0.2) is 17.6 Å². The second-order valence-electron chi connectivity index (χ2n) is 2.70. The molecule has 0 aliphatic carbocycles. The standard InChI is InChI=1S/C9H12N.CH2O2.H2N.W/c1-8(10)7-9-5-3-2-4-6-9;2-1-3;;/h3-6,8H,7,10H2,1H3;1H,(H,2,3);1H2;/q-1;;-1;+2. The number of hydrogen-bond donors (Lipinski definition) is 2. The van der Waals surface area contributed by atoms with Crippen LogP contribution in [0.1, 0.15) is 12.5 Å². The first kappa shape index (κ1) is 19.8. The fourth-order valence-corrected chi connectivity index (χ4v) is 0.929. The van der Waals surface area contributed by atoms with Gasteiger partial charge in [-0.25, -0.2) is 0 Å². The summed E-state index contributed by atoms with van der Waals surface area (Å²) in [7, 11) is 0. The van der Waals surface area contributed by atoms with Crippen molar-refractivity contribution in [3.8, 4) is 0 Å². The van der Waals surface area contributed by atoms with Crippen molar-refractivity contribution in [1.29, 1.82) is 0 Å². The summed E-state index contributed by atoms with van der Waals surface area (Å²) in [6.07, 6.45) is 0.953. The summed E-state index contributed by atoms with van der Waals surface area (Å²) in [6, 6.07) is 11.1. The van der Waals surface area contributed by atoms with Gasteiger partial charge < -0.3 is 17.0 Å². The molecule has 1 unspecified atom stereocenters. The molecule has 0 amide bonds. The Hall–Kier alpha value is -0.702. The molecule has 0 aromatic heterocycles. The van der Waals surface area contributed by atoms with E-state index in [0.29, 0.717) is 0 Å². The van der Waals surface area contributed by atoms with E-state index in [9.17, 15) is 0 Å². The summed E-state index contributed by atoms with van der Waals surface area (Å²) >= 11 is 0. The van der Waals surface area contributed by atoms with E-state index in [1.165, 1.54) is 5.56 Å². The molecule has 1 atom stereocenters. The van der Waals surface area contributed by atoms with Gasteiger partial charge in [0, 0.05) is 6.04 Å². The number of carbonyl (C=O) groups is 1. The van der Waals surface area contributed by atoms with Crippen LogP contribution < -0.4 is 5.73 Å². The van der Waals surface area contributed by atoms with E-state index in [2.05, 4.69) is 6.07 Å². The van der Waals surface area contributed by atoms with Crippen molar-refractivity contribution in [2.75, 3.05) is 0 Å². The third kappa shape index (κ3) is 13.3. The van der Waals surface area contributed by atoms with Crippen LogP contribution in [0.25, 0.3) is 6.15 Å². The molecule has 0 heterocycles. The first-order chi connectivity index (χ1) is 6.20. The Balaban J connectivity index is -0.000000260. The van der Waals surface area contributed by atoms with Gasteiger partial charge in [-0.3, -0.25) is 4.79 Å². The average molecular weight is 380 g/mol. The monoisotopic (exact) mass is 380 g/mol. The predicted molar refractivity (Wildman–Crippen MR) is 56.6 cm³/mol. The van der Waals surface area contributed by atoms with Gasteiger partial charge in [-0.15, -0.1) is 0 Å². The minimum absolute atomic E-state index is 0. The van der Waals surface area contributed by atoms with E-state index >= 15 is 0 Å². The molecule has 0 spiro atoms. The van der Waals surface area contributed by atoms with Crippen molar-refractivity contribution < 1.29 is 31.0 Å². The quantitative estimate of drug-likeness (QED) is 0.605. The third-order valence-corrected chi connectivity index (χ3v) is 1.34. The Kier molecular flexibility index (Phi) is 17.6. The Morgan fingerprint density at radius 1 is 1.53 bits per heavy atom. The molecule has 1 rings (SSSR count). The van der Waals surface area contributed by atoms with Crippen LogP contribution in [0.3, 0.4) is 0 Å². The van der Waals surface area contributed by atoms with Crippen molar-refractivity contribution >= 4 is 6.47 Å². The maximum atomic E-state index is 8.36. The molecule has 0 aliphatic rings. The fourth-order valence-electron chi connectivity index (χ4n) is 0.929. The second-order valence-corrected chi connectivity index (χ2v) is 2.70. The Morgan fingerprint density at radius 3 is 2.27 bits per heavy atom. The molecule has 4 nitrogen and oxygen atoms in total. The van der Waals surface area contributed by atoms with Crippen LogP contribution in [0.4, 0.5) is 0 Å². The van der Waals surface area contributed by atoms with Gasteiger partial charge in [0.15, 0.2) is 0 Å². The van der Waals surface area contributed by atoms with Crippen LogP contribution in [-0.2, 0) is 32.3 Å². The van der Waals surface area contributed by atoms with Crippen LogP contribution in [0.5, 0.6) is 0 Å². The number of benzene rings is 1. The Labute approximate surface area is 105 Å². The number of hydrogen-bond acceptors (Lipinski definition) is 2. The molecule has 5 N–H and O–H groups in total. The minimum Gasteiger partial charge on any atom is -0.693 e. The van der Waals surface area contributed by atoms with Gasteiger partial charge in [-0.2, -0.15) is 35.9 Å². The third-order valence-electron chi connectivity index (χ3n) is 1.34. The SMILES string of the molecule is CC(N)Cc1cc[c-]cc1.O=CO.[NH2-].[W+2]. The van der Waals surface area contributed by atoms with Crippen molar-refractivity contribution in [3.63, 3.8) is 0 Å². The summed E-state index contributed by atoms with van der Waals surface area (Å²) < 4.78 is 0. The molecule has 5 heteroatoms. The van der Waals surface area contributed by atoms with Gasteiger partial charge in [0.25, 0.3) is 6.47 Å². The van der Waals surface area contributed by atoms with Crippen LogP contribution >= 0.6 is 0 Å². The molecule has 15 heavy (non-hydrogen) atoms.